The van der Waals surface area contributed by atoms with Gasteiger partial charge in [-0.3, -0.25) is 4.79 Å². The Morgan fingerprint density at radius 1 is 1.33 bits per heavy atom. The molecule has 0 aliphatic heterocycles. The molecule has 2 rings (SSSR count). The molecule has 1 heterocycles. The smallest absolute Gasteiger partial charge is 0.202 e. The molecular weight excluding hydrogens is 416 g/mol. The lowest BCUT2D eigenvalue weighted by atomic mass is 10.2. The molecule has 0 aliphatic carbocycles. The highest BCUT2D eigenvalue weighted by Gasteiger charge is 2.12. The van der Waals surface area contributed by atoms with E-state index < -0.39 is 0 Å². The van der Waals surface area contributed by atoms with E-state index >= 15 is 0 Å². The van der Waals surface area contributed by atoms with Crippen molar-refractivity contribution in [2.75, 3.05) is 0 Å². The van der Waals surface area contributed by atoms with Crippen molar-refractivity contribution in [2.24, 2.45) is 0 Å². The van der Waals surface area contributed by atoms with E-state index in [1.165, 1.54) is 0 Å². The molecule has 0 saturated heterocycles. The number of hydrogen-bond acceptors (Lipinski definition) is 1. The van der Waals surface area contributed by atoms with Crippen LogP contribution in [0.3, 0.4) is 0 Å². The van der Waals surface area contributed by atoms with Crippen molar-refractivity contribution in [1.82, 2.24) is 4.98 Å². The van der Waals surface area contributed by atoms with E-state index in [4.69, 9.17) is 23.2 Å². The predicted molar refractivity (Wildman–Crippen MR) is 75.0 cm³/mol. The van der Waals surface area contributed by atoms with Crippen LogP contribution >= 0.6 is 61.7 Å². The molecule has 0 amide bonds. The van der Waals surface area contributed by atoms with Crippen LogP contribution in [0.5, 0.6) is 0 Å². The molecule has 2 nitrogen and oxygen atoms in total. The van der Waals surface area contributed by atoms with Crippen LogP contribution < -0.4 is 5.43 Å². The van der Waals surface area contributed by atoms with Crippen molar-refractivity contribution in [3.05, 3.63) is 40.6 Å². The molecule has 0 fully saturated rings. The second-order valence-electron chi connectivity index (χ2n) is 2.87. The van der Waals surface area contributed by atoms with E-state index in [2.05, 4.69) is 20.9 Å². The van der Waals surface area contributed by atoms with E-state index in [0.29, 0.717) is 29.0 Å². The highest BCUT2D eigenvalue weighted by Crippen LogP contribution is 2.34. The maximum atomic E-state index is 11.8. The molecule has 0 bridgehead atoms. The van der Waals surface area contributed by atoms with Crippen LogP contribution in [0.15, 0.2) is 21.5 Å². The second kappa shape index (κ2) is 4.24. The zero-order valence-corrected chi connectivity index (χ0v) is 12.3. The Kier molecular flexibility index (Phi) is 3.30. The summed E-state index contributed by atoms with van der Waals surface area (Å²) in [6, 6.07) is 1.67. The third-order valence-corrected chi connectivity index (χ3v) is 4.49. The van der Waals surface area contributed by atoms with Crippen molar-refractivity contribution in [3.8, 4) is 0 Å². The number of fused-ring (bicyclic) bond motifs is 1. The maximum Gasteiger partial charge on any atom is 0.202 e. The van der Waals surface area contributed by atoms with Gasteiger partial charge in [-0.1, -0.05) is 23.2 Å². The van der Waals surface area contributed by atoms with E-state index in [1.54, 1.807) is 12.3 Å². The van der Waals surface area contributed by atoms with Gasteiger partial charge in [0.25, 0.3) is 0 Å². The lowest BCUT2D eigenvalue weighted by Gasteiger charge is -2.04. The minimum absolute atomic E-state index is 0.0522. The fourth-order valence-corrected chi connectivity index (χ4v) is 2.64. The van der Waals surface area contributed by atoms with Crippen LogP contribution in [0.4, 0.5) is 0 Å². The molecule has 0 radical (unpaired) electrons. The van der Waals surface area contributed by atoms with Gasteiger partial charge in [0.05, 0.1) is 19.1 Å². The van der Waals surface area contributed by atoms with Crippen LogP contribution in [0.2, 0.25) is 10.0 Å². The van der Waals surface area contributed by atoms with Gasteiger partial charge >= 0.3 is 0 Å². The van der Waals surface area contributed by atoms with Crippen LogP contribution in [0, 0.1) is 3.57 Å². The summed E-state index contributed by atoms with van der Waals surface area (Å²) in [6.07, 6.45) is 1.61. The molecule has 1 aromatic heterocycles. The van der Waals surface area contributed by atoms with Gasteiger partial charge in [-0.05, 0) is 44.6 Å². The van der Waals surface area contributed by atoms with Crippen molar-refractivity contribution < 1.29 is 0 Å². The number of aromatic amines is 1. The zero-order valence-electron chi connectivity index (χ0n) is 7.07. The van der Waals surface area contributed by atoms with Crippen LogP contribution in [-0.4, -0.2) is 4.98 Å². The molecule has 1 N–H and O–H groups in total. The average molecular weight is 419 g/mol. The van der Waals surface area contributed by atoms with Crippen molar-refractivity contribution in [1.29, 1.82) is 0 Å². The van der Waals surface area contributed by atoms with Gasteiger partial charge in [-0.15, -0.1) is 0 Å². The highest BCUT2D eigenvalue weighted by molar-refractivity contribution is 14.1. The topological polar surface area (TPSA) is 32.9 Å². The first-order valence-corrected chi connectivity index (χ1v) is 6.49. The summed E-state index contributed by atoms with van der Waals surface area (Å²) in [5.41, 5.74) is 0.513. The third kappa shape index (κ3) is 1.92. The molecule has 0 atom stereocenters. The minimum Gasteiger partial charge on any atom is -0.359 e. The molecule has 0 saturated carbocycles. The largest absolute Gasteiger partial charge is 0.359 e. The van der Waals surface area contributed by atoms with E-state index in [1.807, 2.05) is 22.6 Å². The summed E-state index contributed by atoms with van der Waals surface area (Å²) >= 11 is 17.2. The number of benzene rings is 1. The average Bonchev–Trinajstić information content (AvgIpc) is 2.21. The van der Waals surface area contributed by atoms with Gasteiger partial charge in [0.1, 0.15) is 0 Å². The van der Waals surface area contributed by atoms with Crippen LogP contribution in [-0.2, 0) is 0 Å². The Morgan fingerprint density at radius 3 is 2.67 bits per heavy atom. The van der Waals surface area contributed by atoms with E-state index in [0.717, 1.165) is 0 Å². The standard InChI is InChI=1S/C9H3BrCl2INO/c10-4-1-3-8(7(12)6(4)11)14-2-5(13)9(3)15/h1-2H,(H,14,15). The minimum atomic E-state index is -0.0522. The Hall–Kier alpha value is 0.220. The number of nitrogens with one attached hydrogen (secondary N) is 1. The van der Waals surface area contributed by atoms with Crippen molar-refractivity contribution >= 4 is 72.6 Å². The maximum absolute atomic E-state index is 11.8. The van der Waals surface area contributed by atoms with Crippen molar-refractivity contribution in [3.63, 3.8) is 0 Å². The fraction of sp³-hybridized carbons (Fsp3) is 0. The van der Waals surface area contributed by atoms with Crippen LogP contribution in [0.25, 0.3) is 10.9 Å². The molecule has 6 heteroatoms. The fourth-order valence-electron chi connectivity index (χ4n) is 1.24. The Labute approximate surface area is 117 Å². The molecular formula is C9H3BrCl2INO. The summed E-state index contributed by atoms with van der Waals surface area (Å²) in [4.78, 5) is 14.7. The monoisotopic (exact) mass is 417 g/mol. The van der Waals surface area contributed by atoms with Crippen molar-refractivity contribution in [2.45, 2.75) is 0 Å². The summed E-state index contributed by atoms with van der Waals surface area (Å²) in [6.45, 7) is 0. The summed E-state index contributed by atoms with van der Waals surface area (Å²) in [7, 11) is 0. The third-order valence-electron chi connectivity index (χ3n) is 1.97. The molecule has 15 heavy (non-hydrogen) atoms. The van der Waals surface area contributed by atoms with Gasteiger partial charge < -0.3 is 4.98 Å². The van der Waals surface area contributed by atoms with Gasteiger partial charge in [0, 0.05) is 16.1 Å². The normalized spacial score (nSPS) is 10.9. The van der Waals surface area contributed by atoms with Gasteiger partial charge in [0.2, 0.25) is 5.43 Å². The number of hydrogen-bond donors (Lipinski definition) is 1. The van der Waals surface area contributed by atoms with Gasteiger partial charge in [-0.25, -0.2) is 0 Å². The molecule has 0 aliphatic rings. The SMILES string of the molecule is O=c1c(I)c[nH]c2c(Cl)c(Cl)c(Br)cc12. The number of halogens is 4. The van der Waals surface area contributed by atoms with Gasteiger partial charge in [-0.2, -0.15) is 0 Å². The zero-order chi connectivity index (χ0) is 11.2. The number of aromatic nitrogens is 1. The first-order valence-electron chi connectivity index (χ1n) is 3.86. The Balaban J connectivity index is 3.05. The quantitative estimate of drug-likeness (QED) is 0.505. The molecule has 1 aromatic carbocycles. The predicted octanol–water partition coefficient (Wildman–Crippen LogP) is 4.20. The lowest BCUT2D eigenvalue weighted by molar-refractivity contribution is 1.36. The Morgan fingerprint density at radius 2 is 2.00 bits per heavy atom. The van der Waals surface area contributed by atoms with E-state index in [9.17, 15) is 4.79 Å². The van der Waals surface area contributed by atoms with Crippen LogP contribution in [0.1, 0.15) is 0 Å². The molecule has 78 valence electrons. The molecule has 2 aromatic rings. The first kappa shape index (κ1) is 11.7. The van der Waals surface area contributed by atoms with E-state index in [-0.39, 0.29) is 5.43 Å². The summed E-state index contributed by atoms with van der Waals surface area (Å²) in [5.74, 6) is 0. The number of pyridine rings is 1. The second-order valence-corrected chi connectivity index (χ2v) is 5.65. The summed E-state index contributed by atoms with van der Waals surface area (Å²) < 4.78 is 1.24. The number of H-pyrrole nitrogens is 1. The lowest BCUT2D eigenvalue weighted by Crippen LogP contribution is -2.06. The van der Waals surface area contributed by atoms with Gasteiger partial charge in [0.15, 0.2) is 0 Å². The first-order chi connectivity index (χ1) is 7.02. The highest BCUT2D eigenvalue weighted by atomic mass is 127. The Bertz CT molecular complexity index is 611. The number of rotatable bonds is 0. The molecule has 0 unspecified atom stereocenters. The summed E-state index contributed by atoms with van der Waals surface area (Å²) in [5, 5.41) is 1.29. The molecule has 0 spiro atoms.